The van der Waals surface area contributed by atoms with Crippen LogP contribution in [0.5, 0.6) is 5.75 Å². The zero-order chi connectivity index (χ0) is 13.3. The molecule has 0 atom stereocenters. The molecule has 2 aromatic rings. The maximum Gasteiger partial charge on any atom is 0.175 e. The van der Waals surface area contributed by atoms with Gasteiger partial charge in [0, 0.05) is 23.8 Å². The molecule has 7 heteroatoms. The quantitative estimate of drug-likeness (QED) is 0.863. The number of anilines is 3. The number of ether oxygens (including phenoxy) is 1. The third-order valence-corrected chi connectivity index (χ3v) is 3.63. The van der Waals surface area contributed by atoms with Crippen molar-refractivity contribution in [1.29, 1.82) is 0 Å². The summed E-state index contributed by atoms with van der Waals surface area (Å²) in [6.45, 7) is 0. The molecule has 0 saturated carbocycles. The number of nitrogens with two attached hydrogens (primary N) is 1. The van der Waals surface area contributed by atoms with Gasteiger partial charge in [0.2, 0.25) is 0 Å². The van der Waals surface area contributed by atoms with Crippen LogP contribution in [-0.2, 0) is 7.05 Å². The first-order chi connectivity index (χ1) is 8.51. The van der Waals surface area contributed by atoms with Crippen LogP contribution in [0.25, 0.3) is 0 Å². The van der Waals surface area contributed by atoms with Gasteiger partial charge in [0.25, 0.3) is 0 Å². The molecule has 0 unspecified atom stereocenters. The number of rotatable bonds is 3. The Morgan fingerprint density at radius 2 is 2.06 bits per heavy atom. The lowest BCUT2D eigenvalue weighted by Gasteiger charge is -2.10. The second-order valence-electron chi connectivity index (χ2n) is 3.70. The lowest BCUT2D eigenvalue weighted by Crippen LogP contribution is -1.97. The summed E-state index contributed by atoms with van der Waals surface area (Å²) in [5.41, 5.74) is 7.26. The SMILES string of the molecule is COc1cc(Nc2nn(C)cc2N)c(Br)cc1Br. The lowest BCUT2D eigenvalue weighted by atomic mass is 10.3. The van der Waals surface area contributed by atoms with Crippen molar-refractivity contribution in [3.63, 3.8) is 0 Å². The van der Waals surface area contributed by atoms with Crippen molar-refractivity contribution >= 4 is 49.1 Å². The zero-order valence-electron chi connectivity index (χ0n) is 9.87. The molecule has 1 aromatic heterocycles. The summed E-state index contributed by atoms with van der Waals surface area (Å²) in [5, 5.41) is 7.39. The highest BCUT2D eigenvalue weighted by Gasteiger charge is 2.10. The van der Waals surface area contributed by atoms with E-state index in [1.807, 2.05) is 19.2 Å². The van der Waals surface area contributed by atoms with Crippen molar-refractivity contribution < 1.29 is 4.74 Å². The summed E-state index contributed by atoms with van der Waals surface area (Å²) < 4.78 is 8.66. The molecule has 0 saturated heterocycles. The highest BCUT2D eigenvalue weighted by molar-refractivity contribution is 9.11. The van der Waals surface area contributed by atoms with Crippen molar-refractivity contribution in [1.82, 2.24) is 9.78 Å². The maximum atomic E-state index is 5.84. The van der Waals surface area contributed by atoms with Crippen LogP contribution in [0.4, 0.5) is 17.2 Å². The smallest absolute Gasteiger partial charge is 0.175 e. The molecule has 96 valence electrons. The Kier molecular flexibility index (Phi) is 3.82. The monoisotopic (exact) mass is 374 g/mol. The van der Waals surface area contributed by atoms with E-state index < -0.39 is 0 Å². The van der Waals surface area contributed by atoms with Gasteiger partial charge in [0.15, 0.2) is 5.82 Å². The second-order valence-corrected chi connectivity index (χ2v) is 5.41. The Morgan fingerprint density at radius 3 is 2.61 bits per heavy atom. The summed E-state index contributed by atoms with van der Waals surface area (Å²) in [5.74, 6) is 1.35. The van der Waals surface area contributed by atoms with E-state index in [9.17, 15) is 0 Å². The van der Waals surface area contributed by atoms with E-state index in [2.05, 4.69) is 42.3 Å². The Labute approximate surface area is 122 Å². The highest BCUT2D eigenvalue weighted by atomic mass is 79.9. The molecule has 0 aliphatic carbocycles. The molecule has 2 rings (SSSR count). The standard InChI is InChI=1S/C11H12Br2N4O/c1-17-5-8(14)11(16-17)15-9-4-10(18-2)7(13)3-6(9)12/h3-5H,14H2,1-2H3,(H,15,16). The van der Waals surface area contributed by atoms with Crippen molar-refractivity contribution in [2.45, 2.75) is 0 Å². The van der Waals surface area contributed by atoms with Gasteiger partial charge < -0.3 is 15.8 Å². The van der Waals surface area contributed by atoms with Crippen molar-refractivity contribution in [2.75, 3.05) is 18.2 Å². The number of aromatic nitrogens is 2. The predicted octanol–water partition coefficient (Wildman–Crippen LogP) is 3.28. The number of hydrogen-bond donors (Lipinski definition) is 2. The molecule has 18 heavy (non-hydrogen) atoms. The summed E-state index contributed by atoms with van der Waals surface area (Å²) in [7, 11) is 3.44. The molecule has 1 heterocycles. The average molecular weight is 376 g/mol. The zero-order valence-corrected chi connectivity index (χ0v) is 13.0. The van der Waals surface area contributed by atoms with E-state index in [0.717, 1.165) is 20.4 Å². The second kappa shape index (κ2) is 5.19. The van der Waals surface area contributed by atoms with Gasteiger partial charge in [-0.25, -0.2) is 0 Å². The van der Waals surface area contributed by atoms with Gasteiger partial charge in [-0.2, -0.15) is 5.10 Å². The average Bonchev–Trinajstić information content (AvgIpc) is 2.61. The molecule has 0 aliphatic rings. The molecular weight excluding hydrogens is 364 g/mol. The van der Waals surface area contributed by atoms with Crippen molar-refractivity contribution in [2.24, 2.45) is 7.05 Å². The molecule has 0 aliphatic heterocycles. The van der Waals surface area contributed by atoms with Crippen LogP contribution in [0.2, 0.25) is 0 Å². The first kappa shape index (κ1) is 13.2. The Bertz CT molecular complexity index is 583. The van der Waals surface area contributed by atoms with Gasteiger partial charge in [-0.1, -0.05) is 0 Å². The van der Waals surface area contributed by atoms with E-state index >= 15 is 0 Å². The lowest BCUT2D eigenvalue weighted by molar-refractivity contribution is 0.412. The van der Waals surface area contributed by atoms with Gasteiger partial charge in [0.05, 0.1) is 23.0 Å². The number of benzene rings is 1. The minimum absolute atomic E-state index is 0.589. The summed E-state index contributed by atoms with van der Waals surface area (Å²) in [4.78, 5) is 0. The van der Waals surface area contributed by atoms with E-state index in [-0.39, 0.29) is 0 Å². The van der Waals surface area contributed by atoms with Gasteiger partial charge in [0.1, 0.15) is 5.75 Å². The van der Waals surface area contributed by atoms with Crippen LogP contribution in [0.1, 0.15) is 0 Å². The number of aryl methyl sites for hydroxylation is 1. The van der Waals surface area contributed by atoms with Gasteiger partial charge in [-0.05, 0) is 37.9 Å². The number of nitrogens with one attached hydrogen (secondary N) is 1. The molecule has 3 N–H and O–H groups in total. The molecule has 0 spiro atoms. The third-order valence-electron chi connectivity index (χ3n) is 2.35. The minimum Gasteiger partial charge on any atom is -0.495 e. The number of halogens is 2. The van der Waals surface area contributed by atoms with Crippen LogP contribution >= 0.6 is 31.9 Å². The Balaban J connectivity index is 2.37. The highest BCUT2D eigenvalue weighted by Crippen LogP contribution is 2.36. The van der Waals surface area contributed by atoms with Crippen LogP contribution in [-0.4, -0.2) is 16.9 Å². The third kappa shape index (κ3) is 2.62. The molecular formula is C11H12Br2N4O. The Hall–Kier alpha value is -1.21. The summed E-state index contributed by atoms with van der Waals surface area (Å²) in [6, 6.07) is 3.77. The van der Waals surface area contributed by atoms with Gasteiger partial charge in [-0.15, -0.1) is 0 Å². The van der Waals surface area contributed by atoms with Crippen molar-refractivity contribution in [3.05, 3.63) is 27.3 Å². The molecule has 0 radical (unpaired) electrons. The first-order valence-electron chi connectivity index (χ1n) is 5.10. The van der Waals surface area contributed by atoms with Crippen LogP contribution < -0.4 is 15.8 Å². The number of nitrogens with zero attached hydrogens (tertiary/aromatic N) is 2. The van der Waals surface area contributed by atoms with Crippen LogP contribution in [0, 0.1) is 0 Å². The van der Waals surface area contributed by atoms with E-state index in [4.69, 9.17) is 10.5 Å². The predicted molar refractivity (Wildman–Crippen MR) is 79.3 cm³/mol. The van der Waals surface area contributed by atoms with E-state index in [1.54, 1.807) is 18.0 Å². The number of methoxy groups -OCH3 is 1. The molecule has 0 bridgehead atoms. The minimum atomic E-state index is 0.589. The Morgan fingerprint density at radius 1 is 1.33 bits per heavy atom. The fourth-order valence-corrected chi connectivity index (χ4v) is 2.77. The number of hydrogen-bond acceptors (Lipinski definition) is 4. The maximum absolute atomic E-state index is 5.84. The summed E-state index contributed by atoms with van der Waals surface area (Å²) in [6.07, 6.45) is 1.74. The molecule has 5 nitrogen and oxygen atoms in total. The number of nitrogen functional groups attached to an aromatic ring is 1. The van der Waals surface area contributed by atoms with Gasteiger partial charge >= 0.3 is 0 Å². The van der Waals surface area contributed by atoms with E-state index in [1.165, 1.54) is 0 Å². The van der Waals surface area contributed by atoms with Crippen LogP contribution in [0.3, 0.4) is 0 Å². The summed E-state index contributed by atoms with van der Waals surface area (Å²) >= 11 is 6.89. The molecule has 1 aromatic carbocycles. The first-order valence-corrected chi connectivity index (χ1v) is 6.69. The normalized spacial score (nSPS) is 10.4. The van der Waals surface area contributed by atoms with Gasteiger partial charge in [-0.3, -0.25) is 4.68 Å². The van der Waals surface area contributed by atoms with Crippen molar-refractivity contribution in [3.8, 4) is 5.75 Å². The topological polar surface area (TPSA) is 65.1 Å². The molecule has 0 amide bonds. The van der Waals surface area contributed by atoms with E-state index in [0.29, 0.717) is 11.5 Å². The fraction of sp³-hybridized carbons (Fsp3) is 0.182. The van der Waals surface area contributed by atoms with Crippen LogP contribution in [0.15, 0.2) is 27.3 Å². The molecule has 0 fully saturated rings. The fourth-order valence-electron chi connectivity index (χ4n) is 1.51. The largest absolute Gasteiger partial charge is 0.495 e.